The van der Waals surface area contributed by atoms with E-state index in [-0.39, 0.29) is 47.9 Å². The zero-order valence-corrected chi connectivity index (χ0v) is 6.86. The zero-order chi connectivity index (χ0) is 3.58. The zero-order valence-electron chi connectivity index (χ0n) is 3.93. The van der Waals surface area contributed by atoms with Gasteiger partial charge in [0.05, 0.1) is 0 Å². The Balaban J connectivity index is -0.0000000150. The van der Waals surface area contributed by atoms with Gasteiger partial charge in [0.25, 0.3) is 0 Å². The van der Waals surface area contributed by atoms with E-state index < -0.39 is 6.29 Å². The molecule has 0 radical (unpaired) electrons. The summed E-state index contributed by atoms with van der Waals surface area (Å²) in [6.45, 7) is 1.28. The third-order valence-electron chi connectivity index (χ3n) is 0. The summed E-state index contributed by atoms with van der Waals surface area (Å²) < 4.78 is 0. The van der Waals surface area contributed by atoms with E-state index >= 15 is 0 Å². The molecule has 0 heterocycles. The van der Waals surface area contributed by atoms with E-state index in [1.54, 1.807) is 0 Å². The maximum atomic E-state index is 7.61. The van der Waals surface area contributed by atoms with Gasteiger partial charge in [-0.3, -0.25) is 0 Å². The Morgan fingerprint density at radius 2 is 1.14 bits per heavy atom. The molecule has 2 nitrogen and oxygen atoms in total. The number of rotatable bonds is 0. The van der Waals surface area contributed by atoms with Crippen LogP contribution in [0.5, 0.6) is 0 Å². The predicted molar refractivity (Wildman–Crippen MR) is 19.7 cm³/mol. The molecule has 0 bridgehead atoms. The van der Waals surface area contributed by atoms with Gasteiger partial charge in [0.2, 0.25) is 0 Å². The van der Waals surface area contributed by atoms with Crippen LogP contribution in [0.25, 0.3) is 0 Å². The molecule has 7 heavy (non-hydrogen) atoms. The second-order valence-corrected chi connectivity index (χ2v) is 0.632. The molecule has 2 N–H and O–H groups in total. The van der Waals surface area contributed by atoms with Crippen LogP contribution in [0.4, 0.5) is 0 Å². The first kappa shape index (κ1) is 24.0. The molecule has 0 aromatic rings. The van der Waals surface area contributed by atoms with Gasteiger partial charge in [-0.1, -0.05) is 0 Å². The number of hydrogen-bond acceptors (Lipinski definition) is 2. The van der Waals surface area contributed by atoms with Crippen LogP contribution in [0.3, 0.4) is 0 Å². The van der Waals surface area contributed by atoms with Crippen molar-refractivity contribution in [3.05, 3.63) is 0 Å². The molecule has 0 aromatic heterocycles. The summed E-state index contributed by atoms with van der Waals surface area (Å²) in [6, 6.07) is 0. The van der Waals surface area contributed by atoms with Gasteiger partial charge in [0, 0.05) is 0 Å². The molecule has 0 saturated carbocycles. The molecular formula is C2H6Cl2MgO2. The summed E-state index contributed by atoms with van der Waals surface area (Å²) in [5.74, 6) is 0. The molecule has 0 aliphatic carbocycles. The third kappa shape index (κ3) is 126. The minimum absolute atomic E-state index is 0. The smallest absolute Gasteiger partial charge is 1.00 e. The van der Waals surface area contributed by atoms with Gasteiger partial charge in [-0.2, -0.15) is 0 Å². The number of aliphatic hydroxyl groups excluding tert-OH is 1. The Morgan fingerprint density at radius 1 is 1.14 bits per heavy atom. The van der Waals surface area contributed by atoms with Crippen molar-refractivity contribution in [3.63, 3.8) is 0 Å². The van der Waals surface area contributed by atoms with E-state index in [1.165, 1.54) is 6.92 Å². The maximum Gasteiger partial charge on any atom is 2.00 e. The summed E-state index contributed by atoms with van der Waals surface area (Å²) >= 11 is 0. The second kappa shape index (κ2) is 15.7. The fraction of sp³-hybridized carbons (Fsp3) is 1.00. The number of hydrogen-bond donors (Lipinski definition) is 2. The van der Waals surface area contributed by atoms with Crippen LogP contribution < -0.4 is 24.8 Å². The largest absolute Gasteiger partial charge is 2.00 e. The fourth-order valence-corrected chi connectivity index (χ4v) is 0. The monoisotopic (exact) mass is 156 g/mol. The summed E-state index contributed by atoms with van der Waals surface area (Å²) in [5.41, 5.74) is 0. The first-order valence-electron chi connectivity index (χ1n) is 1.09. The van der Waals surface area contributed by atoms with Gasteiger partial charge >= 0.3 is 23.1 Å². The average molecular weight is 157 g/mol. The van der Waals surface area contributed by atoms with Gasteiger partial charge in [-0.15, -0.1) is 0 Å². The van der Waals surface area contributed by atoms with E-state index in [0.717, 1.165) is 0 Å². The van der Waals surface area contributed by atoms with Gasteiger partial charge < -0.3 is 35.0 Å². The molecule has 0 atom stereocenters. The molecule has 0 unspecified atom stereocenters. The predicted octanol–water partition coefficient (Wildman–Crippen LogP) is -7.06. The van der Waals surface area contributed by atoms with E-state index in [2.05, 4.69) is 0 Å². The van der Waals surface area contributed by atoms with Crippen molar-refractivity contribution in [1.82, 2.24) is 0 Å². The average Bonchev–Trinajstić information content (AvgIpc) is 0.811. The van der Waals surface area contributed by atoms with E-state index in [4.69, 9.17) is 10.2 Å². The first-order chi connectivity index (χ1) is 1.73. The Labute approximate surface area is 71.3 Å². The topological polar surface area (TPSA) is 40.5 Å². The third-order valence-corrected chi connectivity index (χ3v) is 0. The Kier molecular flexibility index (Phi) is 53.7. The molecular weight excluding hydrogens is 151 g/mol. The van der Waals surface area contributed by atoms with Crippen molar-refractivity contribution in [3.8, 4) is 0 Å². The minimum Gasteiger partial charge on any atom is -1.00 e. The number of halogens is 2. The molecule has 0 aliphatic rings. The van der Waals surface area contributed by atoms with E-state index in [0.29, 0.717) is 0 Å². The van der Waals surface area contributed by atoms with Crippen molar-refractivity contribution in [2.75, 3.05) is 0 Å². The first-order valence-corrected chi connectivity index (χ1v) is 1.09. The summed E-state index contributed by atoms with van der Waals surface area (Å²) in [5, 5.41) is 15.2. The van der Waals surface area contributed by atoms with Crippen LogP contribution in [0.1, 0.15) is 6.92 Å². The summed E-state index contributed by atoms with van der Waals surface area (Å²) in [7, 11) is 0. The van der Waals surface area contributed by atoms with Gasteiger partial charge in [0.15, 0.2) is 0 Å². The molecule has 0 rings (SSSR count). The second-order valence-electron chi connectivity index (χ2n) is 0.632. The van der Waals surface area contributed by atoms with Crippen LogP contribution >= 0.6 is 0 Å². The SMILES string of the molecule is CC(O)O.[Cl-].[Cl-].[Mg+2]. The standard InChI is InChI=1S/C2H6O2.2ClH.Mg/c1-2(3)4;;;/h2-4H,1H3;2*1H;/q;;;+2/p-2. The van der Waals surface area contributed by atoms with Crippen LogP contribution in [0.15, 0.2) is 0 Å². The summed E-state index contributed by atoms with van der Waals surface area (Å²) in [4.78, 5) is 0. The molecule has 0 spiro atoms. The van der Waals surface area contributed by atoms with Crippen molar-refractivity contribution >= 4 is 23.1 Å². The van der Waals surface area contributed by atoms with Crippen LogP contribution in [0, 0.1) is 0 Å². The molecule has 0 amide bonds. The van der Waals surface area contributed by atoms with Crippen molar-refractivity contribution in [2.24, 2.45) is 0 Å². The van der Waals surface area contributed by atoms with Crippen molar-refractivity contribution < 1.29 is 35.0 Å². The normalized spacial score (nSPS) is 5.14. The Hall–Kier alpha value is 1.27. The minimum atomic E-state index is -1.17. The fourth-order valence-electron chi connectivity index (χ4n) is 0. The summed E-state index contributed by atoms with van der Waals surface area (Å²) in [6.07, 6.45) is -1.17. The molecule has 42 valence electrons. The maximum absolute atomic E-state index is 7.61. The quantitative estimate of drug-likeness (QED) is 0.271. The van der Waals surface area contributed by atoms with Crippen LogP contribution in [0.2, 0.25) is 0 Å². The van der Waals surface area contributed by atoms with Crippen LogP contribution in [-0.4, -0.2) is 39.6 Å². The van der Waals surface area contributed by atoms with Gasteiger partial charge in [-0.25, -0.2) is 0 Å². The molecule has 0 saturated heterocycles. The van der Waals surface area contributed by atoms with Crippen LogP contribution in [-0.2, 0) is 0 Å². The Morgan fingerprint density at radius 3 is 1.14 bits per heavy atom. The molecule has 5 heteroatoms. The molecule has 0 aromatic carbocycles. The van der Waals surface area contributed by atoms with Crippen molar-refractivity contribution in [1.29, 1.82) is 0 Å². The van der Waals surface area contributed by atoms with E-state index in [1.807, 2.05) is 0 Å². The van der Waals surface area contributed by atoms with Gasteiger partial charge in [-0.05, 0) is 6.92 Å². The van der Waals surface area contributed by atoms with Crippen molar-refractivity contribution in [2.45, 2.75) is 13.2 Å². The number of aliphatic hydroxyl groups is 2. The molecule has 0 fully saturated rings. The van der Waals surface area contributed by atoms with Gasteiger partial charge in [0.1, 0.15) is 6.29 Å². The van der Waals surface area contributed by atoms with E-state index in [9.17, 15) is 0 Å². The molecule has 0 aliphatic heterocycles. The Bertz CT molecular complexity index is 18.4.